The van der Waals surface area contributed by atoms with E-state index in [-0.39, 0.29) is 5.82 Å². The number of nitrogens with one attached hydrogen (secondary N) is 1. The van der Waals surface area contributed by atoms with Crippen LogP contribution in [-0.2, 0) is 11.2 Å². The maximum atomic E-state index is 13.8. The molecule has 1 aromatic carbocycles. The molecule has 1 aromatic rings. The van der Waals surface area contributed by atoms with Crippen molar-refractivity contribution >= 4 is 15.9 Å². The first-order valence-corrected chi connectivity index (χ1v) is 8.21. The van der Waals surface area contributed by atoms with Crippen molar-refractivity contribution in [2.24, 2.45) is 0 Å². The monoisotopic (exact) mass is 345 g/mol. The lowest BCUT2D eigenvalue weighted by Gasteiger charge is -2.19. The topological polar surface area (TPSA) is 21.3 Å². The summed E-state index contributed by atoms with van der Waals surface area (Å²) in [6.07, 6.45) is 3.82. The first-order chi connectivity index (χ1) is 9.67. The summed E-state index contributed by atoms with van der Waals surface area (Å²) in [5, 5.41) is 3.50. The van der Waals surface area contributed by atoms with E-state index in [9.17, 15) is 4.39 Å². The van der Waals surface area contributed by atoms with Crippen LogP contribution in [0.5, 0.6) is 0 Å². The average Bonchev–Trinajstić information content (AvgIpc) is 2.44. The molecule has 2 nitrogen and oxygen atoms in total. The predicted molar refractivity (Wildman–Crippen MR) is 85.6 cm³/mol. The van der Waals surface area contributed by atoms with Crippen LogP contribution in [0.2, 0.25) is 0 Å². The lowest BCUT2D eigenvalue weighted by molar-refractivity contribution is 0.140. The molecule has 4 heteroatoms. The van der Waals surface area contributed by atoms with E-state index < -0.39 is 0 Å². The van der Waals surface area contributed by atoms with E-state index in [1.807, 2.05) is 13.0 Å². The van der Waals surface area contributed by atoms with Gasteiger partial charge in [-0.1, -0.05) is 22.9 Å². The van der Waals surface area contributed by atoms with E-state index in [0.29, 0.717) is 6.04 Å². The molecule has 114 valence electrons. The van der Waals surface area contributed by atoms with E-state index in [1.165, 1.54) is 6.07 Å². The maximum Gasteiger partial charge on any atom is 0.126 e. The Balaban J connectivity index is 2.55. The Morgan fingerprint density at radius 2 is 2.15 bits per heavy atom. The predicted octanol–water partition coefficient (Wildman–Crippen LogP) is 4.32. The van der Waals surface area contributed by atoms with E-state index in [0.717, 1.165) is 55.5 Å². The molecule has 0 aliphatic heterocycles. The van der Waals surface area contributed by atoms with Gasteiger partial charge in [0.05, 0.1) is 0 Å². The molecule has 0 fully saturated rings. The highest BCUT2D eigenvalue weighted by Gasteiger charge is 2.12. The molecule has 0 aliphatic carbocycles. The number of hydrogen-bond acceptors (Lipinski definition) is 2. The second kappa shape index (κ2) is 10.3. The van der Waals surface area contributed by atoms with Crippen LogP contribution in [0.25, 0.3) is 0 Å². The van der Waals surface area contributed by atoms with E-state index in [4.69, 9.17) is 4.74 Å². The zero-order valence-electron chi connectivity index (χ0n) is 12.4. The van der Waals surface area contributed by atoms with Crippen molar-refractivity contribution in [3.63, 3.8) is 0 Å². The summed E-state index contributed by atoms with van der Waals surface area (Å²) in [5.74, 6) is -0.124. The number of ether oxygens (including phenoxy) is 1. The third-order valence-electron chi connectivity index (χ3n) is 3.20. The van der Waals surface area contributed by atoms with Crippen molar-refractivity contribution in [2.45, 2.75) is 45.6 Å². The van der Waals surface area contributed by atoms with Crippen molar-refractivity contribution < 1.29 is 9.13 Å². The van der Waals surface area contributed by atoms with Gasteiger partial charge in [-0.25, -0.2) is 4.39 Å². The van der Waals surface area contributed by atoms with Gasteiger partial charge >= 0.3 is 0 Å². The lowest BCUT2D eigenvalue weighted by atomic mass is 10.0. The minimum atomic E-state index is -0.124. The smallest absolute Gasteiger partial charge is 0.126 e. The van der Waals surface area contributed by atoms with Crippen molar-refractivity contribution in [2.75, 3.05) is 19.8 Å². The Morgan fingerprint density at radius 3 is 2.85 bits per heavy atom. The molecule has 1 rings (SSSR count). The van der Waals surface area contributed by atoms with Gasteiger partial charge in [-0.05, 0) is 62.9 Å². The molecule has 1 atom stereocenters. The van der Waals surface area contributed by atoms with E-state index in [1.54, 1.807) is 6.07 Å². The summed E-state index contributed by atoms with van der Waals surface area (Å²) in [4.78, 5) is 0. The van der Waals surface area contributed by atoms with Crippen LogP contribution in [0, 0.1) is 5.82 Å². The lowest BCUT2D eigenvalue weighted by Crippen LogP contribution is -2.32. The zero-order valence-corrected chi connectivity index (χ0v) is 14.0. The minimum absolute atomic E-state index is 0.124. The van der Waals surface area contributed by atoms with Gasteiger partial charge in [0.15, 0.2) is 0 Å². The number of hydrogen-bond donors (Lipinski definition) is 1. The Morgan fingerprint density at radius 1 is 1.35 bits per heavy atom. The highest BCUT2D eigenvalue weighted by Crippen LogP contribution is 2.18. The number of rotatable bonds is 10. The van der Waals surface area contributed by atoms with E-state index >= 15 is 0 Å². The maximum absolute atomic E-state index is 13.8. The first-order valence-electron chi connectivity index (χ1n) is 7.42. The van der Waals surface area contributed by atoms with Crippen molar-refractivity contribution in [1.82, 2.24) is 5.32 Å². The van der Waals surface area contributed by atoms with Crippen LogP contribution in [0.1, 0.15) is 38.7 Å². The van der Waals surface area contributed by atoms with Gasteiger partial charge in [-0.2, -0.15) is 0 Å². The van der Waals surface area contributed by atoms with Crippen molar-refractivity contribution in [3.8, 4) is 0 Å². The molecule has 0 radical (unpaired) electrons. The second-order valence-corrected chi connectivity index (χ2v) is 5.85. The van der Waals surface area contributed by atoms with Gasteiger partial charge in [-0.15, -0.1) is 0 Å². The Bertz CT molecular complexity index is 387. The molecule has 0 saturated carbocycles. The van der Waals surface area contributed by atoms with Gasteiger partial charge < -0.3 is 10.1 Å². The zero-order chi connectivity index (χ0) is 14.8. The van der Waals surface area contributed by atoms with Crippen LogP contribution in [0.15, 0.2) is 22.7 Å². The number of halogens is 2. The number of benzene rings is 1. The van der Waals surface area contributed by atoms with Crippen LogP contribution in [0.4, 0.5) is 4.39 Å². The third kappa shape index (κ3) is 6.82. The molecule has 1 unspecified atom stereocenters. The quantitative estimate of drug-likeness (QED) is 0.637. The first kappa shape index (κ1) is 17.6. The molecule has 0 bridgehead atoms. The van der Waals surface area contributed by atoms with Crippen molar-refractivity contribution in [3.05, 3.63) is 34.1 Å². The summed E-state index contributed by atoms with van der Waals surface area (Å²) in [6, 6.07) is 5.44. The van der Waals surface area contributed by atoms with Crippen LogP contribution >= 0.6 is 15.9 Å². The molecule has 0 spiro atoms. The Kier molecular flexibility index (Phi) is 9.07. The van der Waals surface area contributed by atoms with Gasteiger partial charge in [0.1, 0.15) is 5.82 Å². The molecule has 0 aromatic heterocycles. The molecule has 0 heterocycles. The van der Waals surface area contributed by atoms with Gasteiger partial charge in [-0.3, -0.25) is 0 Å². The standard InChI is InChI=1S/C16H25BrFNO/c1-3-9-19-15(6-5-10-20-4-2)12-13-11-14(17)7-8-16(13)18/h7-8,11,15,19H,3-6,9-10,12H2,1-2H3. The fourth-order valence-electron chi connectivity index (χ4n) is 2.17. The molecular formula is C16H25BrFNO. The minimum Gasteiger partial charge on any atom is -0.382 e. The molecule has 0 aliphatic rings. The SMILES string of the molecule is CCCNC(CCCOCC)Cc1cc(Br)ccc1F. The van der Waals surface area contributed by atoms with Crippen LogP contribution < -0.4 is 5.32 Å². The van der Waals surface area contributed by atoms with Gasteiger partial charge in [0, 0.05) is 23.7 Å². The third-order valence-corrected chi connectivity index (χ3v) is 3.70. The summed E-state index contributed by atoms with van der Waals surface area (Å²) >= 11 is 3.41. The Labute approximate surface area is 130 Å². The van der Waals surface area contributed by atoms with Gasteiger partial charge in [0.2, 0.25) is 0 Å². The molecular weight excluding hydrogens is 321 g/mol. The van der Waals surface area contributed by atoms with Gasteiger partial charge in [0.25, 0.3) is 0 Å². The summed E-state index contributed by atoms with van der Waals surface area (Å²) in [6.45, 7) is 6.65. The summed E-state index contributed by atoms with van der Waals surface area (Å²) in [7, 11) is 0. The highest BCUT2D eigenvalue weighted by molar-refractivity contribution is 9.10. The highest BCUT2D eigenvalue weighted by atomic mass is 79.9. The second-order valence-electron chi connectivity index (χ2n) is 4.93. The fraction of sp³-hybridized carbons (Fsp3) is 0.625. The van der Waals surface area contributed by atoms with Crippen LogP contribution in [-0.4, -0.2) is 25.8 Å². The van der Waals surface area contributed by atoms with Crippen LogP contribution in [0.3, 0.4) is 0 Å². The Hall–Kier alpha value is -0.450. The molecule has 0 saturated heterocycles. The summed E-state index contributed by atoms with van der Waals surface area (Å²) < 4.78 is 20.1. The van der Waals surface area contributed by atoms with Crippen molar-refractivity contribution in [1.29, 1.82) is 0 Å². The molecule has 0 amide bonds. The largest absolute Gasteiger partial charge is 0.382 e. The molecule has 1 N–H and O–H groups in total. The van der Waals surface area contributed by atoms with E-state index in [2.05, 4.69) is 28.2 Å². The summed E-state index contributed by atoms with van der Waals surface area (Å²) in [5.41, 5.74) is 0.768. The average molecular weight is 346 g/mol. The normalized spacial score (nSPS) is 12.6. The fourth-order valence-corrected chi connectivity index (χ4v) is 2.57. The molecule has 20 heavy (non-hydrogen) atoms.